The largest absolute Gasteiger partial charge is 0.378 e. The standard InChI is InChI=1S/C4H5O2/c1-2-3-4(5)6/h2-3H,1H3/b3-2+. The molecule has 1 radical (unpaired) electrons. The van der Waals surface area contributed by atoms with Gasteiger partial charge in [0.15, 0.2) is 0 Å². The lowest BCUT2D eigenvalue weighted by atomic mass is 10.5. The summed E-state index contributed by atoms with van der Waals surface area (Å²) in [6.45, 7) is 1.62. The lowest BCUT2D eigenvalue weighted by Crippen LogP contribution is -1.80. The van der Waals surface area contributed by atoms with E-state index in [1.54, 1.807) is 6.92 Å². The van der Waals surface area contributed by atoms with Gasteiger partial charge in [-0.3, -0.25) is 0 Å². The van der Waals surface area contributed by atoms with Gasteiger partial charge in [-0.2, -0.15) is 0 Å². The van der Waals surface area contributed by atoms with Gasteiger partial charge < -0.3 is 0 Å². The van der Waals surface area contributed by atoms with E-state index in [1.165, 1.54) is 6.08 Å². The van der Waals surface area contributed by atoms with Crippen LogP contribution >= 0.6 is 0 Å². The van der Waals surface area contributed by atoms with Gasteiger partial charge in [-0.15, -0.1) is 0 Å². The molecular weight excluding hydrogens is 80.0 g/mol. The molecular formula is C4H5O2. The first kappa shape index (κ1) is 5.21. The van der Waals surface area contributed by atoms with Crippen LogP contribution in [0.4, 0.5) is 0 Å². The van der Waals surface area contributed by atoms with E-state index >= 15 is 0 Å². The summed E-state index contributed by atoms with van der Waals surface area (Å²) in [7, 11) is 0. The predicted molar refractivity (Wildman–Crippen MR) is 20.5 cm³/mol. The van der Waals surface area contributed by atoms with E-state index in [0.717, 1.165) is 6.08 Å². The van der Waals surface area contributed by atoms with Gasteiger partial charge in [0.1, 0.15) is 0 Å². The fourth-order valence-electron chi connectivity index (χ4n) is 0.136. The Bertz CT molecular complexity index is 73.6. The van der Waals surface area contributed by atoms with Gasteiger partial charge >= 0.3 is 5.97 Å². The zero-order chi connectivity index (χ0) is 4.99. The summed E-state index contributed by atoms with van der Waals surface area (Å²) in [6, 6.07) is 0. The molecule has 6 heavy (non-hydrogen) atoms. The van der Waals surface area contributed by atoms with Crippen molar-refractivity contribution >= 4 is 5.97 Å². The first-order valence-electron chi connectivity index (χ1n) is 1.61. The molecule has 2 heteroatoms. The van der Waals surface area contributed by atoms with Gasteiger partial charge in [-0.25, -0.2) is 9.90 Å². The van der Waals surface area contributed by atoms with Crippen molar-refractivity contribution in [1.29, 1.82) is 0 Å². The summed E-state index contributed by atoms with van der Waals surface area (Å²) in [5, 5.41) is 9.40. The monoisotopic (exact) mass is 85.0 g/mol. The van der Waals surface area contributed by atoms with E-state index in [-0.39, 0.29) is 0 Å². The molecule has 0 atom stereocenters. The fraction of sp³-hybridized carbons (Fsp3) is 0.250. The molecule has 0 N–H and O–H groups in total. The summed E-state index contributed by atoms with van der Waals surface area (Å²) in [5.74, 6) is -1.14. The lowest BCUT2D eigenvalue weighted by Gasteiger charge is -1.62. The highest BCUT2D eigenvalue weighted by molar-refractivity contribution is 5.79. The third-order valence-electron chi connectivity index (χ3n) is 0.303. The third-order valence-corrected chi connectivity index (χ3v) is 0.303. The molecule has 0 rings (SSSR count). The first-order chi connectivity index (χ1) is 2.77. The average Bonchev–Trinajstić information content (AvgIpc) is 1.35. The molecule has 0 saturated heterocycles. The van der Waals surface area contributed by atoms with Gasteiger partial charge in [0, 0.05) is 6.08 Å². The van der Waals surface area contributed by atoms with E-state index in [9.17, 15) is 9.90 Å². The fourth-order valence-corrected chi connectivity index (χ4v) is 0.136. The van der Waals surface area contributed by atoms with Crippen LogP contribution in [0.2, 0.25) is 0 Å². The number of hydrogen-bond donors (Lipinski definition) is 0. The molecule has 0 unspecified atom stereocenters. The second-order valence-electron chi connectivity index (χ2n) is 0.819. The quantitative estimate of drug-likeness (QED) is 0.427. The molecule has 0 heterocycles. The Hall–Kier alpha value is -0.790. The minimum absolute atomic E-state index is 0.972. The summed E-state index contributed by atoms with van der Waals surface area (Å²) in [4.78, 5) is 9.40. The van der Waals surface area contributed by atoms with Crippen LogP contribution < -0.4 is 0 Å². The topological polar surface area (TPSA) is 37.0 Å². The van der Waals surface area contributed by atoms with Gasteiger partial charge in [0.2, 0.25) is 0 Å². The Morgan fingerprint density at radius 3 is 2.17 bits per heavy atom. The molecule has 0 aromatic heterocycles. The summed E-state index contributed by atoms with van der Waals surface area (Å²) in [5.41, 5.74) is 0. The van der Waals surface area contributed by atoms with Crippen LogP contribution in [0.5, 0.6) is 0 Å². The molecule has 0 amide bonds. The van der Waals surface area contributed by atoms with E-state index < -0.39 is 5.97 Å². The Balaban J connectivity index is 3.30. The molecule has 0 aliphatic carbocycles. The lowest BCUT2D eigenvalue weighted by molar-refractivity contribution is -0.137. The molecule has 0 aromatic carbocycles. The Morgan fingerprint density at radius 1 is 1.67 bits per heavy atom. The number of hydrogen-bond acceptors (Lipinski definition) is 1. The van der Waals surface area contributed by atoms with E-state index in [0.29, 0.717) is 0 Å². The molecule has 0 aromatic rings. The normalized spacial score (nSPS) is 9.50. The molecule has 0 spiro atoms. The summed E-state index contributed by atoms with van der Waals surface area (Å²) < 4.78 is 0. The zero-order valence-corrected chi connectivity index (χ0v) is 3.47. The van der Waals surface area contributed by atoms with Crippen molar-refractivity contribution in [3.63, 3.8) is 0 Å². The molecule has 33 valence electrons. The zero-order valence-electron chi connectivity index (χ0n) is 3.47. The van der Waals surface area contributed by atoms with Gasteiger partial charge in [0.25, 0.3) is 0 Å². The van der Waals surface area contributed by atoms with Crippen molar-refractivity contribution in [1.82, 2.24) is 0 Å². The van der Waals surface area contributed by atoms with Crippen molar-refractivity contribution < 1.29 is 9.90 Å². The Kier molecular flexibility index (Phi) is 2.13. The van der Waals surface area contributed by atoms with Gasteiger partial charge in [-0.1, -0.05) is 6.08 Å². The number of rotatable bonds is 1. The summed E-state index contributed by atoms with van der Waals surface area (Å²) in [6.07, 6.45) is 2.38. The molecule has 0 aliphatic rings. The van der Waals surface area contributed by atoms with Crippen LogP contribution in [-0.4, -0.2) is 5.97 Å². The number of carbonyl (C=O) groups is 1. The van der Waals surface area contributed by atoms with E-state index in [4.69, 9.17) is 0 Å². The second kappa shape index (κ2) is 2.45. The molecule has 0 bridgehead atoms. The smallest absolute Gasteiger partial charge is 0.242 e. The summed E-state index contributed by atoms with van der Waals surface area (Å²) >= 11 is 0. The maximum atomic E-state index is 9.40. The second-order valence-corrected chi connectivity index (χ2v) is 0.819. The molecule has 0 aliphatic heterocycles. The van der Waals surface area contributed by atoms with Crippen LogP contribution in [0, 0.1) is 0 Å². The minimum atomic E-state index is -1.14. The highest BCUT2D eigenvalue weighted by Crippen LogP contribution is 1.66. The SMILES string of the molecule is C/C=C/C([O])=O. The van der Waals surface area contributed by atoms with Gasteiger partial charge in [-0.05, 0) is 6.92 Å². The highest BCUT2D eigenvalue weighted by Gasteiger charge is 1.81. The van der Waals surface area contributed by atoms with Crippen LogP contribution in [0.3, 0.4) is 0 Å². The van der Waals surface area contributed by atoms with Crippen molar-refractivity contribution in [3.8, 4) is 0 Å². The van der Waals surface area contributed by atoms with Crippen LogP contribution in [0.25, 0.3) is 0 Å². The van der Waals surface area contributed by atoms with Crippen molar-refractivity contribution in [2.75, 3.05) is 0 Å². The minimum Gasteiger partial charge on any atom is -0.242 e. The Morgan fingerprint density at radius 2 is 2.17 bits per heavy atom. The maximum Gasteiger partial charge on any atom is 0.378 e. The van der Waals surface area contributed by atoms with Crippen molar-refractivity contribution in [2.45, 2.75) is 6.92 Å². The predicted octanol–water partition coefficient (Wildman–Crippen LogP) is 0.520. The maximum absolute atomic E-state index is 9.40. The van der Waals surface area contributed by atoms with Gasteiger partial charge in [0.05, 0.1) is 0 Å². The van der Waals surface area contributed by atoms with E-state index in [2.05, 4.69) is 0 Å². The number of allylic oxidation sites excluding steroid dienone is 1. The van der Waals surface area contributed by atoms with Crippen LogP contribution in [0.15, 0.2) is 12.2 Å². The van der Waals surface area contributed by atoms with E-state index in [1.807, 2.05) is 0 Å². The average molecular weight is 85.1 g/mol. The molecule has 0 saturated carbocycles. The number of carbonyl (C=O) groups excluding carboxylic acids is 1. The molecule has 2 nitrogen and oxygen atoms in total. The van der Waals surface area contributed by atoms with Crippen molar-refractivity contribution in [3.05, 3.63) is 12.2 Å². The van der Waals surface area contributed by atoms with Crippen molar-refractivity contribution in [2.24, 2.45) is 0 Å². The van der Waals surface area contributed by atoms with Crippen LogP contribution in [0.1, 0.15) is 6.92 Å². The molecule has 0 fully saturated rings. The third kappa shape index (κ3) is 3.21. The first-order valence-corrected chi connectivity index (χ1v) is 1.61. The van der Waals surface area contributed by atoms with Crippen LogP contribution in [-0.2, 0) is 9.90 Å². The highest BCUT2D eigenvalue weighted by atomic mass is 16.4. The Labute approximate surface area is 36.1 Å².